The van der Waals surface area contributed by atoms with Gasteiger partial charge in [-0.25, -0.2) is 0 Å². The third-order valence-electron chi connectivity index (χ3n) is 4.16. The van der Waals surface area contributed by atoms with Gasteiger partial charge < -0.3 is 10.1 Å². The lowest BCUT2D eigenvalue weighted by Crippen LogP contribution is -2.27. The molecule has 0 aliphatic heterocycles. The number of benzene rings is 3. The van der Waals surface area contributed by atoms with Crippen LogP contribution in [0.5, 0.6) is 11.5 Å². The number of amides is 1. The normalized spacial score (nSPS) is 11.9. The highest BCUT2D eigenvalue weighted by atomic mass is 16.5. The Morgan fingerprint density at radius 3 is 2.29 bits per heavy atom. The minimum atomic E-state index is -0.409. The molecule has 3 aromatic carbocycles. The molecule has 0 saturated heterocycles. The van der Waals surface area contributed by atoms with Crippen LogP contribution in [-0.2, 0) is 4.79 Å². The van der Waals surface area contributed by atoms with Crippen LogP contribution in [0.3, 0.4) is 0 Å². The first-order valence-electron chi connectivity index (χ1n) is 8.96. The number of carbonyl (C=O) groups is 1. The summed E-state index contributed by atoms with van der Waals surface area (Å²) in [4.78, 5) is 12.5. The largest absolute Gasteiger partial charge is 0.457 e. The average molecular weight is 368 g/mol. The zero-order valence-electron chi connectivity index (χ0n) is 15.5. The van der Waals surface area contributed by atoms with Crippen molar-refractivity contribution in [3.05, 3.63) is 102 Å². The summed E-state index contributed by atoms with van der Waals surface area (Å²) >= 11 is 0. The molecule has 1 atom stereocenters. The van der Waals surface area contributed by atoms with Crippen molar-refractivity contribution in [1.29, 1.82) is 5.26 Å². The Hall–Kier alpha value is -3.84. The van der Waals surface area contributed by atoms with E-state index in [-0.39, 0.29) is 11.6 Å². The number of nitriles is 1. The number of carbonyl (C=O) groups excluding carboxylic acids is 1. The fraction of sp³-hybridized carbons (Fsp3) is 0.0833. The SMILES string of the molecule is C[C@@H](NC(=O)/C(C#N)=C/c1cccc(Oc2ccccc2)c1)c1ccccc1. The van der Waals surface area contributed by atoms with Gasteiger partial charge in [0.15, 0.2) is 0 Å². The highest BCUT2D eigenvalue weighted by Gasteiger charge is 2.13. The van der Waals surface area contributed by atoms with Crippen LogP contribution in [0.15, 0.2) is 90.5 Å². The maximum Gasteiger partial charge on any atom is 0.262 e. The van der Waals surface area contributed by atoms with Crippen LogP contribution >= 0.6 is 0 Å². The quantitative estimate of drug-likeness (QED) is 0.477. The Morgan fingerprint density at radius 1 is 0.964 bits per heavy atom. The molecular weight excluding hydrogens is 348 g/mol. The minimum absolute atomic E-state index is 0.0413. The first-order chi connectivity index (χ1) is 13.7. The summed E-state index contributed by atoms with van der Waals surface area (Å²) in [5.74, 6) is 0.946. The van der Waals surface area contributed by atoms with E-state index in [1.807, 2.05) is 91.9 Å². The van der Waals surface area contributed by atoms with Crippen LogP contribution in [0, 0.1) is 11.3 Å². The number of nitrogens with one attached hydrogen (secondary N) is 1. The molecule has 3 rings (SSSR count). The molecule has 1 amide bonds. The Kier molecular flexibility index (Phi) is 6.22. The van der Waals surface area contributed by atoms with E-state index in [0.717, 1.165) is 11.3 Å². The van der Waals surface area contributed by atoms with Crippen LogP contribution in [-0.4, -0.2) is 5.91 Å². The van der Waals surface area contributed by atoms with Crippen LogP contribution in [0.1, 0.15) is 24.1 Å². The van der Waals surface area contributed by atoms with Gasteiger partial charge in [0.25, 0.3) is 5.91 Å². The molecular formula is C24H20N2O2. The number of hydrogen-bond acceptors (Lipinski definition) is 3. The van der Waals surface area contributed by atoms with E-state index in [4.69, 9.17) is 4.74 Å². The van der Waals surface area contributed by atoms with E-state index >= 15 is 0 Å². The number of hydrogen-bond donors (Lipinski definition) is 1. The fourth-order valence-electron chi connectivity index (χ4n) is 2.71. The predicted molar refractivity (Wildman–Crippen MR) is 110 cm³/mol. The van der Waals surface area contributed by atoms with E-state index in [0.29, 0.717) is 11.3 Å². The van der Waals surface area contributed by atoms with Gasteiger partial charge in [-0.15, -0.1) is 0 Å². The summed E-state index contributed by atoms with van der Waals surface area (Å²) in [7, 11) is 0. The van der Waals surface area contributed by atoms with E-state index in [1.54, 1.807) is 12.1 Å². The van der Waals surface area contributed by atoms with Crippen molar-refractivity contribution in [2.75, 3.05) is 0 Å². The standard InChI is InChI=1S/C24H20N2O2/c1-18(20-10-4-2-5-11-20)26-24(27)21(17-25)15-19-9-8-14-23(16-19)28-22-12-6-3-7-13-22/h2-16,18H,1H3,(H,26,27)/b21-15+/t18-/m1/s1. The molecule has 0 radical (unpaired) electrons. The average Bonchev–Trinajstić information content (AvgIpc) is 2.73. The van der Waals surface area contributed by atoms with Gasteiger partial charge in [0.05, 0.1) is 6.04 Å². The van der Waals surface area contributed by atoms with Crippen molar-refractivity contribution >= 4 is 12.0 Å². The molecule has 0 aliphatic rings. The maximum atomic E-state index is 12.5. The van der Waals surface area contributed by atoms with Gasteiger partial charge in [-0.05, 0) is 48.4 Å². The van der Waals surface area contributed by atoms with Gasteiger partial charge in [0.2, 0.25) is 0 Å². The zero-order valence-corrected chi connectivity index (χ0v) is 15.5. The summed E-state index contributed by atoms with van der Waals surface area (Å²) in [5, 5.41) is 12.3. The van der Waals surface area contributed by atoms with Gasteiger partial charge in [0, 0.05) is 0 Å². The first kappa shape index (κ1) is 18.9. The van der Waals surface area contributed by atoms with Gasteiger partial charge in [-0.2, -0.15) is 5.26 Å². The van der Waals surface area contributed by atoms with Crippen LogP contribution in [0.4, 0.5) is 0 Å². The van der Waals surface area contributed by atoms with Gasteiger partial charge >= 0.3 is 0 Å². The van der Waals surface area contributed by atoms with Crippen molar-refractivity contribution in [2.24, 2.45) is 0 Å². The van der Waals surface area contributed by atoms with Crippen LogP contribution < -0.4 is 10.1 Å². The van der Waals surface area contributed by atoms with Crippen molar-refractivity contribution in [2.45, 2.75) is 13.0 Å². The monoisotopic (exact) mass is 368 g/mol. The molecule has 28 heavy (non-hydrogen) atoms. The molecule has 3 aromatic rings. The second-order valence-electron chi connectivity index (χ2n) is 6.26. The van der Waals surface area contributed by atoms with E-state index in [9.17, 15) is 10.1 Å². The molecule has 0 fully saturated rings. The van der Waals surface area contributed by atoms with E-state index in [2.05, 4.69) is 5.32 Å². The summed E-state index contributed by atoms with van der Waals surface area (Å²) in [6.07, 6.45) is 1.56. The maximum absolute atomic E-state index is 12.5. The molecule has 0 aliphatic carbocycles. The van der Waals surface area contributed by atoms with Gasteiger partial charge in [0.1, 0.15) is 23.1 Å². The summed E-state index contributed by atoms with van der Waals surface area (Å²) in [6.45, 7) is 1.89. The Morgan fingerprint density at radius 2 is 1.61 bits per heavy atom. The molecule has 0 saturated carbocycles. The van der Waals surface area contributed by atoms with Crippen LogP contribution in [0.2, 0.25) is 0 Å². The lowest BCUT2D eigenvalue weighted by Gasteiger charge is -2.13. The zero-order chi connectivity index (χ0) is 19.8. The summed E-state index contributed by atoms with van der Waals surface area (Å²) in [5.41, 5.74) is 1.73. The second-order valence-corrected chi connectivity index (χ2v) is 6.26. The van der Waals surface area contributed by atoms with Crippen molar-refractivity contribution < 1.29 is 9.53 Å². The Balaban J connectivity index is 1.74. The summed E-state index contributed by atoms with van der Waals surface area (Å²) in [6, 6.07) is 28.1. The summed E-state index contributed by atoms with van der Waals surface area (Å²) < 4.78 is 5.80. The minimum Gasteiger partial charge on any atom is -0.457 e. The molecule has 138 valence electrons. The number of nitrogens with zero attached hydrogens (tertiary/aromatic N) is 1. The van der Waals surface area contributed by atoms with Crippen molar-refractivity contribution in [1.82, 2.24) is 5.32 Å². The number of rotatable bonds is 6. The third-order valence-corrected chi connectivity index (χ3v) is 4.16. The predicted octanol–water partition coefficient (Wildman–Crippen LogP) is 5.26. The third kappa shape index (κ3) is 5.09. The van der Waals surface area contributed by atoms with E-state index < -0.39 is 5.91 Å². The van der Waals surface area contributed by atoms with Crippen LogP contribution in [0.25, 0.3) is 6.08 Å². The molecule has 0 aromatic heterocycles. The molecule has 0 unspecified atom stereocenters. The first-order valence-corrected chi connectivity index (χ1v) is 8.96. The molecule has 4 heteroatoms. The highest BCUT2D eigenvalue weighted by Crippen LogP contribution is 2.23. The highest BCUT2D eigenvalue weighted by molar-refractivity contribution is 6.01. The second kappa shape index (κ2) is 9.20. The van der Waals surface area contributed by atoms with Gasteiger partial charge in [-0.3, -0.25) is 4.79 Å². The topological polar surface area (TPSA) is 62.1 Å². The molecule has 1 N–H and O–H groups in total. The van der Waals surface area contributed by atoms with Gasteiger partial charge in [-0.1, -0.05) is 60.7 Å². The number of para-hydroxylation sites is 1. The molecule has 0 heterocycles. The molecule has 4 nitrogen and oxygen atoms in total. The lowest BCUT2D eigenvalue weighted by molar-refractivity contribution is -0.117. The Bertz CT molecular complexity index is 1010. The lowest BCUT2D eigenvalue weighted by atomic mass is 10.1. The Labute approximate surface area is 164 Å². The van der Waals surface area contributed by atoms with E-state index in [1.165, 1.54) is 0 Å². The number of ether oxygens (including phenoxy) is 1. The van der Waals surface area contributed by atoms with Crippen molar-refractivity contribution in [3.63, 3.8) is 0 Å². The fourth-order valence-corrected chi connectivity index (χ4v) is 2.71. The molecule has 0 bridgehead atoms. The smallest absolute Gasteiger partial charge is 0.262 e. The van der Waals surface area contributed by atoms with Crippen molar-refractivity contribution in [3.8, 4) is 17.6 Å². The molecule has 0 spiro atoms.